The number of aliphatic carboxylic acids is 1. The normalized spacial score (nSPS) is 18.7. The predicted molar refractivity (Wildman–Crippen MR) is 321 cm³/mol. The molecule has 6 atom stereocenters. The Kier molecular flexibility index (Phi) is 49.1. The number of hydrogen-bond donors (Lipinski definition) is 3. The van der Waals surface area contributed by atoms with Gasteiger partial charge in [0.05, 0.1) is 6.61 Å². The lowest BCUT2D eigenvalue weighted by atomic mass is 9.98. The first kappa shape index (κ1) is 72.1. The molecule has 1 rings (SSSR count). The zero-order valence-corrected chi connectivity index (χ0v) is 49.1. The summed E-state index contributed by atoms with van der Waals surface area (Å²) >= 11 is 0. The van der Waals surface area contributed by atoms with Gasteiger partial charge < -0.3 is 39.0 Å². The Morgan fingerprint density at radius 1 is 0.430 bits per heavy atom. The molecule has 446 valence electrons. The number of hydrogen-bond acceptors (Lipinski definition) is 11. The second kappa shape index (κ2) is 53.7. The topological polar surface area (TPSA) is 175 Å². The quantitative estimate of drug-likeness (QED) is 0.0228. The van der Waals surface area contributed by atoms with Crippen molar-refractivity contribution in [2.24, 2.45) is 0 Å². The van der Waals surface area contributed by atoms with Crippen molar-refractivity contribution in [2.75, 3.05) is 13.2 Å². The van der Waals surface area contributed by atoms with Crippen LogP contribution in [0, 0.1) is 0 Å². The Morgan fingerprint density at radius 2 is 0.810 bits per heavy atom. The Labute approximate surface area is 478 Å². The highest BCUT2D eigenvalue weighted by atomic mass is 16.7. The first-order chi connectivity index (χ1) is 38.6. The predicted octanol–water partition coefficient (Wildman–Crippen LogP) is 16.0. The highest BCUT2D eigenvalue weighted by Gasteiger charge is 2.50. The van der Waals surface area contributed by atoms with Crippen LogP contribution < -0.4 is 0 Å². The van der Waals surface area contributed by atoms with Gasteiger partial charge in [0.25, 0.3) is 0 Å². The van der Waals surface area contributed by atoms with Crippen LogP contribution in [0.25, 0.3) is 0 Å². The Morgan fingerprint density at radius 3 is 1.27 bits per heavy atom. The maximum atomic E-state index is 13.2. The molecule has 1 heterocycles. The zero-order valence-electron chi connectivity index (χ0n) is 49.1. The Bertz CT molecular complexity index is 1840. The van der Waals surface area contributed by atoms with Gasteiger partial charge in [0.1, 0.15) is 18.8 Å². The summed E-state index contributed by atoms with van der Waals surface area (Å²) in [6.45, 7) is 5.70. The molecule has 0 amide bonds. The SMILES string of the molecule is CC/C=C\C/C=C\C/C=C\C/C=C\C/C=C\CCCC(=O)OC1C(OCC(COC(=O)CCCCCCCC/C=C\C/C=C\C/C=C\C/C=C\CC)OC(=O)CCCCCCC/C=C\CCCCCC)OC(C(=O)O)C(O)C1O. The molecule has 6 unspecified atom stereocenters. The fourth-order valence-electron chi connectivity index (χ4n) is 8.39. The summed E-state index contributed by atoms with van der Waals surface area (Å²) in [4.78, 5) is 51.2. The zero-order chi connectivity index (χ0) is 57.5. The number of carbonyl (C=O) groups is 4. The van der Waals surface area contributed by atoms with Gasteiger partial charge in [-0.25, -0.2) is 4.79 Å². The number of aliphatic hydroxyl groups is 2. The number of carboxylic acids is 1. The fourth-order valence-corrected chi connectivity index (χ4v) is 8.39. The van der Waals surface area contributed by atoms with Gasteiger partial charge >= 0.3 is 23.9 Å². The molecule has 0 spiro atoms. The van der Waals surface area contributed by atoms with Crippen LogP contribution in [0.4, 0.5) is 0 Å². The molecule has 1 aliphatic heterocycles. The van der Waals surface area contributed by atoms with E-state index in [2.05, 4.69) is 130 Å². The summed E-state index contributed by atoms with van der Waals surface area (Å²) in [7, 11) is 0. The molecule has 3 N–H and O–H groups in total. The van der Waals surface area contributed by atoms with Gasteiger partial charge in [-0.2, -0.15) is 0 Å². The summed E-state index contributed by atoms with van der Waals surface area (Å²) in [6.07, 6.45) is 61.7. The average Bonchev–Trinajstić information content (AvgIpc) is 3.46. The van der Waals surface area contributed by atoms with E-state index in [-0.39, 0.29) is 25.9 Å². The van der Waals surface area contributed by atoms with Gasteiger partial charge in [-0.05, 0) is 122 Å². The van der Waals surface area contributed by atoms with Crippen LogP contribution >= 0.6 is 0 Å². The maximum Gasteiger partial charge on any atom is 0.335 e. The third kappa shape index (κ3) is 43.6. The second-order valence-electron chi connectivity index (χ2n) is 20.2. The lowest BCUT2D eigenvalue weighted by Gasteiger charge is -2.40. The lowest BCUT2D eigenvalue weighted by Crippen LogP contribution is -2.61. The van der Waals surface area contributed by atoms with E-state index < -0.39 is 67.3 Å². The van der Waals surface area contributed by atoms with Crippen LogP contribution in [0.3, 0.4) is 0 Å². The molecule has 0 saturated carbocycles. The minimum Gasteiger partial charge on any atom is -0.479 e. The van der Waals surface area contributed by atoms with Crippen LogP contribution in [0.2, 0.25) is 0 Å². The molecule has 79 heavy (non-hydrogen) atoms. The molecule has 1 fully saturated rings. The van der Waals surface area contributed by atoms with Gasteiger partial charge in [-0.1, -0.05) is 206 Å². The monoisotopic (exact) mass is 1100 g/mol. The molecular formula is C67H106O12. The first-order valence-corrected chi connectivity index (χ1v) is 30.5. The smallest absolute Gasteiger partial charge is 0.335 e. The summed E-state index contributed by atoms with van der Waals surface area (Å²) in [5.41, 5.74) is 0. The Balaban J connectivity index is 2.72. The van der Waals surface area contributed by atoms with E-state index in [1.165, 1.54) is 25.7 Å². The van der Waals surface area contributed by atoms with Crippen LogP contribution in [-0.4, -0.2) is 89.2 Å². The van der Waals surface area contributed by atoms with Crippen molar-refractivity contribution in [1.82, 2.24) is 0 Å². The van der Waals surface area contributed by atoms with Gasteiger partial charge in [0, 0.05) is 19.3 Å². The molecule has 1 aliphatic rings. The van der Waals surface area contributed by atoms with Crippen LogP contribution in [0.15, 0.2) is 122 Å². The van der Waals surface area contributed by atoms with Crippen molar-refractivity contribution >= 4 is 23.9 Å². The highest BCUT2D eigenvalue weighted by Crippen LogP contribution is 2.26. The number of carboxylic acid groups (broad SMARTS) is 1. The molecule has 12 nitrogen and oxygen atoms in total. The van der Waals surface area contributed by atoms with E-state index in [1.54, 1.807) is 0 Å². The molecule has 12 heteroatoms. The minimum absolute atomic E-state index is 0.0260. The third-order valence-electron chi connectivity index (χ3n) is 13.0. The summed E-state index contributed by atoms with van der Waals surface area (Å²) in [6, 6.07) is 0. The van der Waals surface area contributed by atoms with Crippen molar-refractivity contribution in [2.45, 2.75) is 263 Å². The Hall–Kier alpha value is -4.88. The number of esters is 3. The van der Waals surface area contributed by atoms with Crippen molar-refractivity contribution < 1.29 is 58.2 Å². The minimum atomic E-state index is -1.93. The largest absolute Gasteiger partial charge is 0.479 e. The second-order valence-corrected chi connectivity index (χ2v) is 20.2. The first-order valence-electron chi connectivity index (χ1n) is 30.5. The van der Waals surface area contributed by atoms with Crippen molar-refractivity contribution in [3.05, 3.63) is 122 Å². The highest BCUT2D eigenvalue weighted by molar-refractivity contribution is 5.74. The van der Waals surface area contributed by atoms with Crippen LogP contribution in [0.5, 0.6) is 0 Å². The van der Waals surface area contributed by atoms with E-state index in [0.29, 0.717) is 25.7 Å². The van der Waals surface area contributed by atoms with E-state index in [1.807, 2.05) is 12.2 Å². The van der Waals surface area contributed by atoms with Gasteiger partial charge in [-0.3, -0.25) is 14.4 Å². The third-order valence-corrected chi connectivity index (χ3v) is 13.0. The van der Waals surface area contributed by atoms with E-state index in [4.69, 9.17) is 23.7 Å². The number of unbranched alkanes of at least 4 members (excludes halogenated alkanes) is 16. The van der Waals surface area contributed by atoms with Crippen molar-refractivity contribution in [3.63, 3.8) is 0 Å². The van der Waals surface area contributed by atoms with Crippen molar-refractivity contribution in [3.8, 4) is 0 Å². The standard InChI is InChI=1S/C67H106O12/c1-4-7-10-13-16-19-22-25-27-29-30-32-33-36-38-41-44-47-50-53-59(68)75-56-58(77-60(69)54-51-48-45-42-39-35-24-21-18-15-12-9-6-3)57-76-67-65(63(72)62(71)64(79-67)66(73)74)78-61(70)55-52-49-46-43-40-37-34-31-28-26-23-20-17-14-11-8-5-2/h7-8,10-11,16-17,19-21,24-28,30,32,34,37,43,46,58,62-65,67,71-72H,4-6,9,12-15,18,22-23,29,31,33,35-36,38-42,44-45,47-57H2,1-3H3,(H,73,74)/b10-7-,11-8-,19-16-,20-17-,24-21-,27-25-,28-26-,32-30-,37-34-,46-43-. The number of carbonyl (C=O) groups excluding carboxylic acids is 3. The molecular weight excluding hydrogens is 997 g/mol. The number of allylic oxidation sites excluding steroid dienone is 20. The molecule has 0 aromatic carbocycles. The molecule has 0 aromatic rings. The van der Waals surface area contributed by atoms with E-state index in [0.717, 1.165) is 135 Å². The average molecular weight is 1100 g/mol. The molecule has 0 aliphatic carbocycles. The molecule has 0 aromatic heterocycles. The maximum absolute atomic E-state index is 13.2. The van der Waals surface area contributed by atoms with Crippen LogP contribution in [-0.2, 0) is 42.9 Å². The summed E-state index contributed by atoms with van der Waals surface area (Å²) in [5.74, 6) is -3.24. The summed E-state index contributed by atoms with van der Waals surface area (Å²) < 4.78 is 28.4. The van der Waals surface area contributed by atoms with E-state index >= 15 is 0 Å². The fraction of sp³-hybridized carbons (Fsp3) is 0.642. The number of ether oxygens (including phenoxy) is 5. The summed E-state index contributed by atoms with van der Waals surface area (Å²) in [5, 5.41) is 31.5. The lowest BCUT2D eigenvalue weighted by molar-refractivity contribution is -0.301. The number of aliphatic hydroxyl groups excluding tert-OH is 2. The molecule has 1 saturated heterocycles. The van der Waals surface area contributed by atoms with E-state index in [9.17, 15) is 34.5 Å². The van der Waals surface area contributed by atoms with Gasteiger partial charge in [0.15, 0.2) is 24.6 Å². The molecule has 0 bridgehead atoms. The van der Waals surface area contributed by atoms with Gasteiger partial charge in [0.2, 0.25) is 0 Å². The number of rotatable bonds is 50. The van der Waals surface area contributed by atoms with Crippen molar-refractivity contribution in [1.29, 1.82) is 0 Å². The molecule has 0 radical (unpaired) electrons. The van der Waals surface area contributed by atoms with Crippen LogP contribution in [0.1, 0.15) is 226 Å². The van der Waals surface area contributed by atoms with Gasteiger partial charge in [-0.15, -0.1) is 0 Å².